The lowest BCUT2D eigenvalue weighted by Gasteiger charge is -2.06. The van der Waals surface area contributed by atoms with Crippen LogP contribution in [0.15, 0.2) is 30.7 Å². The molecule has 0 bridgehead atoms. The summed E-state index contributed by atoms with van der Waals surface area (Å²) in [6, 6.07) is 5.60. The molecule has 0 aromatic carbocycles. The second kappa shape index (κ2) is 5.81. The van der Waals surface area contributed by atoms with Gasteiger partial charge in [-0.15, -0.1) is 0 Å². The van der Waals surface area contributed by atoms with Crippen LogP contribution in [-0.2, 0) is 4.79 Å². The van der Waals surface area contributed by atoms with Gasteiger partial charge < -0.3 is 15.6 Å². The van der Waals surface area contributed by atoms with Gasteiger partial charge in [0.05, 0.1) is 0 Å². The smallest absolute Gasteiger partial charge is 0.136 e. The van der Waals surface area contributed by atoms with Gasteiger partial charge >= 0.3 is 0 Å². The standard InChI is InChI=1S/C12H15N5O/c1-9(18)4-6-14-11-7-12(16-8-15-11)17-10-3-2-5-13-10/h2-3,5,7-8,13H,4,6H2,1H3,(H2,14,15,16,17). The van der Waals surface area contributed by atoms with Crippen molar-refractivity contribution < 1.29 is 4.79 Å². The molecule has 6 heteroatoms. The van der Waals surface area contributed by atoms with Crippen molar-refractivity contribution in [1.82, 2.24) is 15.0 Å². The molecule has 2 rings (SSSR count). The number of carbonyl (C=O) groups is 1. The third-order valence-electron chi connectivity index (χ3n) is 2.31. The molecule has 0 amide bonds. The van der Waals surface area contributed by atoms with E-state index < -0.39 is 0 Å². The van der Waals surface area contributed by atoms with E-state index in [-0.39, 0.29) is 5.78 Å². The third-order valence-corrected chi connectivity index (χ3v) is 2.31. The summed E-state index contributed by atoms with van der Waals surface area (Å²) >= 11 is 0. The Morgan fingerprint density at radius 3 is 2.94 bits per heavy atom. The van der Waals surface area contributed by atoms with E-state index in [1.165, 1.54) is 6.33 Å². The van der Waals surface area contributed by atoms with Gasteiger partial charge in [0.2, 0.25) is 0 Å². The van der Waals surface area contributed by atoms with Crippen LogP contribution in [0.2, 0.25) is 0 Å². The second-order valence-electron chi connectivity index (χ2n) is 3.88. The number of hydrogen-bond donors (Lipinski definition) is 3. The van der Waals surface area contributed by atoms with Gasteiger partial charge in [-0.05, 0) is 19.1 Å². The van der Waals surface area contributed by atoms with Crippen LogP contribution in [0.4, 0.5) is 17.5 Å². The van der Waals surface area contributed by atoms with Crippen molar-refractivity contribution >= 4 is 23.2 Å². The number of aromatic nitrogens is 3. The quantitative estimate of drug-likeness (QED) is 0.724. The lowest BCUT2D eigenvalue weighted by atomic mass is 10.3. The number of ketones is 1. The van der Waals surface area contributed by atoms with Gasteiger partial charge in [0, 0.05) is 25.2 Å². The fourth-order valence-corrected chi connectivity index (χ4v) is 1.44. The first-order valence-electron chi connectivity index (χ1n) is 5.70. The lowest BCUT2D eigenvalue weighted by molar-refractivity contribution is -0.116. The average Bonchev–Trinajstić information content (AvgIpc) is 2.82. The maximum atomic E-state index is 10.8. The zero-order chi connectivity index (χ0) is 12.8. The summed E-state index contributed by atoms with van der Waals surface area (Å²) in [6.45, 7) is 2.15. The Bertz CT molecular complexity index is 509. The van der Waals surface area contributed by atoms with E-state index >= 15 is 0 Å². The van der Waals surface area contributed by atoms with Crippen LogP contribution in [0.3, 0.4) is 0 Å². The number of anilines is 3. The summed E-state index contributed by atoms with van der Waals surface area (Å²) in [7, 11) is 0. The molecule has 2 aromatic heterocycles. The fourth-order valence-electron chi connectivity index (χ4n) is 1.44. The number of H-pyrrole nitrogens is 1. The SMILES string of the molecule is CC(=O)CCNc1cc(Nc2ccc[nH]2)ncn1. The molecule has 0 spiro atoms. The van der Waals surface area contributed by atoms with E-state index in [0.29, 0.717) is 24.6 Å². The van der Waals surface area contributed by atoms with Gasteiger partial charge in [-0.3, -0.25) is 4.79 Å². The van der Waals surface area contributed by atoms with Crippen molar-refractivity contribution in [3.63, 3.8) is 0 Å². The van der Waals surface area contributed by atoms with Crippen LogP contribution >= 0.6 is 0 Å². The molecule has 0 saturated heterocycles. The Kier molecular flexibility index (Phi) is 3.90. The maximum Gasteiger partial charge on any atom is 0.136 e. The van der Waals surface area contributed by atoms with Gasteiger partial charge in [-0.2, -0.15) is 0 Å². The van der Waals surface area contributed by atoms with Crippen molar-refractivity contribution in [3.05, 3.63) is 30.7 Å². The molecular formula is C12H15N5O. The van der Waals surface area contributed by atoms with Gasteiger partial charge in [0.25, 0.3) is 0 Å². The molecular weight excluding hydrogens is 230 g/mol. The maximum absolute atomic E-state index is 10.8. The molecule has 0 aliphatic heterocycles. The van der Waals surface area contributed by atoms with Crippen LogP contribution in [0, 0.1) is 0 Å². The number of hydrogen-bond acceptors (Lipinski definition) is 5. The Labute approximate surface area is 105 Å². The van der Waals surface area contributed by atoms with Gasteiger partial charge in [-0.25, -0.2) is 9.97 Å². The number of Topliss-reactive ketones (excluding diaryl/α,β-unsaturated/α-hetero) is 1. The first-order chi connectivity index (χ1) is 8.74. The summed E-state index contributed by atoms with van der Waals surface area (Å²) in [5.74, 6) is 2.41. The summed E-state index contributed by atoms with van der Waals surface area (Å²) in [5.41, 5.74) is 0. The second-order valence-corrected chi connectivity index (χ2v) is 3.88. The monoisotopic (exact) mass is 245 g/mol. The van der Waals surface area contributed by atoms with Gasteiger partial charge in [-0.1, -0.05) is 0 Å². The molecule has 3 N–H and O–H groups in total. The van der Waals surface area contributed by atoms with Gasteiger partial charge in [0.15, 0.2) is 0 Å². The first kappa shape index (κ1) is 12.1. The largest absolute Gasteiger partial charge is 0.369 e. The highest BCUT2D eigenvalue weighted by atomic mass is 16.1. The number of rotatable bonds is 6. The Morgan fingerprint density at radius 2 is 2.22 bits per heavy atom. The molecule has 2 heterocycles. The summed E-state index contributed by atoms with van der Waals surface area (Å²) < 4.78 is 0. The minimum atomic E-state index is 0.154. The number of carbonyl (C=O) groups excluding carboxylic acids is 1. The number of aromatic amines is 1. The molecule has 0 aliphatic carbocycles. The molecule has 6 nitrogen and oxygen atoms in total. The van der Waals surface area contributed by atoms with Crippen LogP contribution in [0.25, 0.3) is 0 Å². The normalized spacial score (nSPS) is 10.1. The Balaban J connectivity index is 1.94. The number of nitrogens with zero attached hydrogens (tertiary/aromatic N) is 2. The highest BCUT2D eigenvalue weighted by Gasteiger charge is 2.00. The van der Waals surface area contributed by atoms with Crippen molar-refractivity contribution in [2.75, 3.05) is 17.2 Å². The predicted molar refractivity (Wildman–Crippen MR) is 69.9 cm³/mol. The van der Waals surface area contributed by atoms with Crippen molar-refractivity contribution in [1.29, 1.82) is 0 Å². The predicted octanol–water partition coefficient (Wildman–Crippen LogP) is 1.94. The van der Waals surface area contributed by atoms with Crippen molar-refractivity contribution in [2.24, 2.45) is 0 Å². The molecule has 2 aromatic rings. The highest BCUT2D eigenvalue weighted by molar-refractivity contribution is 5.76. The van der Waals surface area contributed by atoms with Crippen molar-refractivity contribution in [3.8, 4) is 0 Å². The zero-order valence-electron chi connectivity index (χ0n) is 10.1. The fraction of sp³-hybridized carbons (Fsp3) is 0.250. The summed E-state index contributed by atoms with van der Waals surface area (Å²) in [4.78, 5) is 22.0. The molecule has 18 heavy (non-hydrogen) atoms. The van der Waals surface area contributed by atoms with Crippen molar-refractivity contribution in [2.45, 2.75) is 13.3 Å². The van der Waals surface area contributed by atoms with Crippen LogP contribution in [-0.4, -0.2) is 27.3 Å². The molecule has 0 radical (unpaired) electrons. The van der Waals surface area contributed by atoms with E-state index in [4.69, 9.17) is 0 Å². The first-order valence-corrected chi connectivity index (χ1v) is 5.70. The topological polar surface area (TPSA) is 82.7 Å². The van der Waals surface area contributed by atoms with E-state index in [0.717, 1.165) is 5.82 Å². The van der Waals surface area contributed by atoms with Crippen LogP contribution in [0.1, 0.15) is 13.3 Å². The molecule has 0 unspecified atom stereocenters. The van der Waals surface area contributed by atoms with Gasteiger partial charge in [0.1, 0.15) is 29.6 Å². The van der Waals surface area contributed by atoms with E-state index in [1.807, 2.05) is 18.3 Å². The average molecular weight is 245 g/mol. The lowest BCUT2D eigenvalue weighted by Crippen LogP contribution is -2.07. The highest BCUT2D eigenvalue weighted by Crippen LogP contribution is 2.13. The molecule has 94 valence electrons. The Morgan fingerprint density at radius 1 is 1.39 bits per heavy atom. The number of nitrogens with one attached hydrogen (secondary N) is 3. The third kappa shape index (κ3) is 3.58. The van der Waals surface area contributed by atoms with E-state index in [1.54, 1.807) is 13.0 Å². The summed E-state index contributed by atoms with van der Waals surface area (Å²) in [5, 5.41) is 6.18. The molecule has 0 fully saturated rings. The van der Waals surface area contributed by atoms with E-state index in [9.17, 15) is 4.79 Å². The van der Waals surface area contributed by atoms with Crippen LogP contribution < -0.4 is 10.6 Å². The molecule has 0 aliphatic rings. The zero-order valence-corrected chi connectivity index (χ0v) is 10.1. The molecule has 0 saturated carbocycles. The minimum absolute atomic E-state index is 0.154. The minimum Gasteiger partial charge on any atom is -0.369 e. The van der Waals surface area contributed by atoms with E-state index in [2.05, 4.69) is 25.6 Å². The Hall–Kier alpha value is -2.37. The molecule has 0 atom stereocenters. The summed E-state index contributed by atoms with van der Waals surface area (Å²) in [6.07, 6.45) is 3.79. The van der Waals surface area contributed by atoms with Crippen LogP contribution in [0.5, 0.6) is 0 Å².